The van der Waals surface area contributed by atoms with Crippen molar-refractivity contribution in [2.75, 3.05) is 0 Å². The summed E-state index contributed by atoms with van der Waals surface area (Å²) in [4.78, 5) is 11.5. The van der Waals surface area contributed by atoms with Gasteiger partial charge in [0.25, 0.3) is 0 Å². The molecule has 12 heavy (non-hydrogen) atoms. The zero-order valence-electron chi connectivity index (χ0n) is 7.49. The topological polar surface area (TPSA) is 38.1 Å². The van der Waals surface area contributed by atoms with Crippen molar-refractivity contribution in [1.29, 1.82) is 0 Å². The number of hydrogen-bond donors (Lipinski definition) is 0. The number of rotatable bonds is 2. The predicted octanol–water partition coefficient (Wildman–Crippen LogP) is 2.48. The van der Waals surface area contributed by atoms with Gasteiger partial charge in [-0.2, -0.15) is 0 Å². The van der Waals surface area contributed by atoms with Crippen molar-refractivity contribution < 1.29 is 0 Å². The third-order valence-corrected chi connectivity index (χ3v) is 1.05. The van der Waals surface area contributed by atoms with E-state index in [1.54, 1.807) is 18.5 Å². The van der Waals surface area contributed by atoms with Gasteiger partial charge in [-0.1, -0.05) is 20.4 Å². The van der Waals surface area contributed by atoms with Gasteiger partial charge in [0.1, 0.15) is 5.69 Å². The fourth-order valence-electron chi connectivity index (χ4n) is 0.607. The van der Waals surface area contributed by atoms with E-state index < -0.39 is 0 Å². The first kappa shape index (κ1) is 10.5. The van der Waals surface area contributed by atoms with E-state index in [2.05, 4.69) is 28.3 Å². The van der Waals surface area contributed by atoms with Crippen LogP contribution in [0.3, 0.4) is 0 Å². The van der Waals surface area contributed by atoms with E-state index in [-0.39, 0.29) is 0 Å². The molecule has 0 aliphatic heterocycles. The zero-order valence-corrected chi connectivity index (χ0v) is 7.49. The van der Waals surface area contributed by atoms with Crippen molar-refractivity contribution >= 4 is 18.6 Å². The van der Waals surface area contributed by atoms with Gasteiger partial charge in [-0.25, -0.2) is 9.98 Å². The monoisotopic (exact) mass is 163 g/mol. The Hall–Kier alpha value is -1.51. The van der Waals surface area contributed by atoms with E-state index in [1.807, 2.05) is 13.8 Å². The lowest BCUT2D eigenvalue weighted by Crippen LogP contribution is -1.82. The van der Waals surface area contributed by atoms with Gasteiger partial charge in [0.15, 0.2) is 5.82 Å². The Morgan fingerprint density at radius 3 is 2.33 bits per heavy atom. The van der Waals surface area contributed by atoms with Gasteiger partial charge in [-0.15, -0.1) is 0 Å². The largest absolute Gasteiger partial charge is 0.251 e. The first-order valence-corrected chi connectivity index (χ1v) is 3.78. The molecule has 1 aromatic rings. The Bertz CT molecular complexity index is 229. The number of nitrogens with zero attached hydrogens (tertiary/aromatic N) is 3. The summed E-state index contributed by atoms with van der Waals surface area (Å²) in [5, 5.41) is 0. The molecule has 0 unspecified atom stereocenters. The molecule has 0 radical (unpaired) electrons. The van der Waals surface area contributed by atoms with Crippen LogP contribution in [0.15, 0.2) is 24.0 Å². The molecule has 0 aliphatic carbocycles. The highest BCUT2D eigenvalue weighted by Crippen LogP contribution is 2.10. The van der Waals surface area contributed by atoms with Crippen molar-refractivity contribution in [1.82, 2.24) is 9.97 Å². The highest BCUT2D eigenvalue weighted by atomic mass is 14.9. The molecule has 0 N–H and O–H groups in total. The first-order chi connectivity index (χ1) is 5.88. The molecule has 1 aromatic heterocycles. The summed E-state index contributed by atoms with van der Waals surface area (Å²) >= 11 is 0. The fourth-order valence-corrected chi connectivity index (χ4v) is 0.607. The number of aliphatic imine (C=N–C) groups is 1. The minimum atomic E-state index is 0.525. The van der Waals surface area contributed by atoms with Crippen LogP contribution in [-0.2, 0) is 0 Å². The molecule has 0 saturated heterocycles. The molecule has 0 spiro atoms. The standard InChI is InChI=1S/C7H7N3.C2H6/c1-3-6-7(8-2)10-5-4-9-6;1-2/h3-5H,1-2H2;1-2H3. The minimum absolute atomic E-state index is 0.525. The molecule has 0 fully saturated rings. The van der Waals surface area contributed by atoms with Gasteiger partial charge in [0, 0.05) is 12.4 Å². The van der Waals surface area contributed by atoms with E-state index >= 15 is 0 Å². The zero-order chi connectivity index (χ0) is 9.40. The second-order valence-electron chi connectivity index (χ2n) is 1.63. The maximum atomic E-state index is 3.95. The Morgan fingerprint density at radius 1 is 1.33 bits per heavy atom. The van der Waals surface area contributed by atoms with Gasteiger partial charge < -0.3 is 0 Å². The lowest BCUT2D eigenvalue weighted by Gasteiger charge is -1.93. The molecule has 0 amide bonds. The van der Waals surface area contributed by atoms with Crippen LogP contribution >= 0.6 is 0 Å². The quantitative estimate of drug-likeness (QED) is 0.628. The fraction of sp³-hybridized carbons (Fsp3) is 0.222. The predicted molar refractivity (Wildman–Crippen MR) is 52.7 cm³/mol. The highest BCUT2D eigenvalue weighted by Gasteiger charge is 1.94. The van der Waals surface area contributed by atoms with Gasteiger partial charge in [0.2, 0.25) is 0 Å². The van der Waals surface area contributed by atoms with E-state index in [0.29, 0.717) is 11.5 Å². The van der Waals surface area contributed by atoms with E-state index in [4.69, 9.17) is 0 Å². The third kappa shape index (κ3) is 2.62. The van der Waals surface area contributed by atoms with Crippen LogP contribution < -0.4 is 0 Å². The summed E-state index contributed by atoms with van der Waals surface area (Å²) in [5.41, 5.74) is 0.664. The average molecular weight is 163 g/mol. The second-order valence-corrected chi connectivity index (χ2v) is 1.63. The van der Waals surface area contributed by atoms with Crippen molar-refractivity contribution in [3.63, 3.8) is 0 Å². The van der Waals surface area contributed by atoms with Crippen molar-refractivity contribution in [2.45, 2.75) is 13.8 Å². The molecule has 64 valence electrons. The van der Waals surface area contributed by atoms with Crippen molar-refractivity contribution in [3.8, 4) is 0 Å². The van der Waals surface area contributed by atoms with E-state index in [9.17, 15) is 0 Å². The van der Waals surface area contributed by atoms with Crippen LogP contribution in [0.4, 0.5) is 5.82 Å². The summed E-state index contributed by atoms with van der Waals surface area (Å²) in [6, 6.07) is 0. The first-order valence-electron chi connectivity index (χ1n) is 3.78. The third-order valence-electron chi connectivity index (χ3n) is 1.05. The molecule has 3 heteroatoms. The van der Waals surface area contributed by atoms with Gasteiger partial charge >= 0.3 is 0 Å². The Morgan fingerprint density at radius 2 is 1.92 bits per heavy atom. The molecule has 1 heterocycles. The van der Waals surface area contributed by atoms with Gasteiger partial charge in [-0.3, -0.25) is 4.98 Å². The van der Waals surface area contributed by atoms with Crippen LogP contribution in [0.5, 0.6) is 0 Å². The van der Waals surface area contributed by atoms with Crippen LogP contribution in [0, 0.1) is 0 Å². The van der Waals surface area contributed by atoms with Crippen LogP contribution in [-0.4, -0.2) is 16.7 Å². The molecule has 0 atom stereocenters. The van der Waals surface area contributed by atoms with E-state index in [1.165, 1.54) is 0 Å². The molecule has 3 nitrogen and oxygen atoms in total. The maximum absolute atomic E-state index is 3.95. The molecule has 0 aromatic carbocycles. The average Bonchev–Trinajstić information content (AvgIpc) is 2.20. The molecular weight excluding hydrogens is 150 g/mol. The molecule has 0 aliphatic rings. The highest BCUT2D eigenvalue weighted by molar-refractivity contribution is 5.56. The van der Waals surface area contributed by atoms with Crippen molar-refractivity contribution in [2.24, 2.45) is 4.99 Å². The van der Waals surface area contributed by atoms with Crippen molar-refractivity contribution in [3.05, 3.63) is 24.7 Å². The summed E-state index contributed by atoms with van der Waals surface area (Å²) in [6.07, 6.45) is 4.75. The SMILES string of the molecule is C=Cc1nccnc1N=C.CC. The lowest BCUT2D eigenvalue weighted by atomic mass is 10.4. The molecule has 0 saturated carbocycles. The molecular formula is C9H13N3. The lowest BCUT2D eigenvalue weighted by molar-refractivity contribution is 1.16. The van der Waals surface area contributed by atoms with Gasteiger partial charge in [0.05, 0.1) is 0 Å². The summed E-state index contributed by atoms with van der Waals surface area (Å²) < 4.78 is 0. The summed E-state index contributed by atoms with van der Waals surface area (Å²) in [5.74, 6) is 0.525. The number of hydrogen-bond acceptors (Lipinski definition) is 3. The summed E-state index contributed by atoms with van der Waals surface area (Å²) in [6.45, 7) is 10.9. The van der Waals surface area contributed by atoms with E-state index in [0.717, 1.165) is 0 Å². The maximum Gasteiger partial charge on any atom is 0.177 e. The molecule has 1 rings (SSSR count). The van der Waals surface area contributed by atoms with Crippen LogP contribution in [0.25, 0.3) is 6.08 Å². The van der Waals surface area contributed by atoms with Gasteiger partial charge in [-0.05, 0) is 12.8 Å². The Labute approximate surface area is 72.9 Å². The number of aromatic nitrogens is 2. The van der Waals surface area contributed by atoms with Crippen LogP contribution in [0.1, 0.15) is 19.5 Å². The summed E-state index contributed by atoms with van der Waals surface area (Å²) in [7, 11) is 0. The second kappa shape index (κ2) is 6.22. The Kier molecular flexibility index (Phi) is 5.43. The Balaban J connectivity index is 0.000000561. The minimum Gasteiger partial charge on any atom is -0.251 e. The smallest absolute Gasteiger partial charge is 0.177 e. The van der Waals surface area contributed by atoms with Crippen LogP contribution in [0.2, 0.25) is 0 Å². The normalized spacial score (nSPS) is 7.83. The molecule has 0 bridgehead atoms.